The maximum absolute atomic E-state index is 6.00. The van der Waals surface area contributed by atoms with Gasteiger partial charge in [-0.05, 0) is 30.0 Å². The molecule has 0 radical (unpaired) electrons. The molecule has 1 fully saturated rings. The summed E-state index contributed by atoms with van der Waals surface area (Å²) in [7, 11) is 0. The number of nitrogens with zero attached hydrogens (tertiary/aromatic N) is 2. The summed E-state index contributed by atoms with van der Waals surface area (Å²) >= 11 is 0. The van der Waals surface area contributed by atoms with E-state index in [4.69, 9.17) is 10.7 Å². The third kappa shape index (κ3) is 2.59. The molecular weight excluding hydrogens is 296 g/mol. The zero-order valence-corrected chi connectivity index (χ0v) is 13.9. The third-order valence-corrected chi connectivity index (χ3v) is 4.66. The zero-order chi connectivity index (χ0) is 16.5. The van der Waals surface area contributed by atoms with Gasteiger partial charge in [0.05, 0.1) is 0 Å². The average Bonchev–Trinajstić information content (AvgIpc) is 2.62. The topological polar surface area (TPSA) is 54.2 Å². The van der Waals surface area contributed by atoms with E-state index < -0.39 is 0 Å². The Hall–Kier alpha value is -2.59. The van der Waals surface area contributed by atoms with Gasteiger partial charge in [0.2, 0.25) is 0 Å². The number of piperazine rings is 1. The van der Waals surface area contributed by atoms with Gasteiger partial charge in [-0.2, -0.15) is 0 Å². The number of fused-ring (bicyclic) bond motifs is 1. The molecular formula is C20H22N4. The van der Waals surface area contributed by atoms with Gasteiger partial charge in [0.15, 0.2) is 0 Å². The second-order valence-corrected chi connectivity index (χ2v) is 6.30. The van der Waals surface area contributed by atoms with Crippen LogP contribution >= 0.6 is 0 Å². The number of rotatable bonds is 2. The van der Waals surface area contributed by atoms with E-state index in [1.165, 1.54) is 16.3 Å². The molecule has 4 nitrogen and oxygen atoms in total. The molecule has 2 heterocycles. The quantitative estimate of drug-likeness (QED) is 0.713. The van der Waals surface area contributed by atoms with E-state index in [0.29, 0.717) is 0 Å². The number of nitrogens with two attached hydrogens (primary N) is 1. The van der Waals surface area contributed by atoms with Crippen molar-refractivity contribution in [3.63, 3.8) is 0 Å². The maximum atomic E-state index is 6.00. The molecule has 0 atom stereocenters. The van der Waals surface area contributed by atoms with E-state index >= 15 is 0 Å². The number of benzene rings is 2. The lowest BCUT2D eigenvalue weighted by Gasteiger charge is -2.30. The van der Waals surface area contributed by atoms with Gasteiger partial charge in [-0.1, -0.05) is 36.4 Å². The molecule has 0 unspecified atom stereocenters. The summed E-state index contributed by atoms with van der Waals surface area (Å²) in [5.41, 5.74) is 10.1. The number of hydrogen-bond donors (Lipinski definition) is 2. The molecule has 2 aromatic carbocycles. The summed E-state index contributed by atoms with van der Waals surface area (Å²) in [4.78, 5) is 7.37. The van der Waals surface area contributed by atoms with Gasteiger partial charge in [0, 0.05) is 48.5 Å². The summed E-state index contributed by atoms with van der Waals surface area (Å²) in [5, 5.41) is 5.86. The van der Waals surface area contributed by atoms with E-state index in [2.05, 4.69) is 47.5 Å². The summed E-state index contributed by atoms with van der Waals surface area (Å²) in [6.45, 7) is 6.09. The molecule has 1 aromatic heterocycles. The summed E-state index contributed by atoms with van der Waals surface area (Å²) in [6, 6.07) is 16.6. The number of nitrogens with one attached hydrogen (secondary N) is 1. The van der Waals surface area contributed by atoms with Crippen LogP contribution in [0.4, 0.5) is 11.5 Å². The van der Waals surface area contributed by atoms with Crippen LogP contribution in [0.3, 0.4) is 0 Å². The molecule has 1 aliphatic rings. The number of hydrogen-bond acceptors (Lipinski definition) is 4. The van der Waals surface area contributed by atoms with Crippen molar-refractivity contribution in [3.8, 4) is 11.1 Å². The van der Waals surface area contributed by atoms with Crippen LogP contribution in [0, 0.1) is 6.92 Å². The van der Waals surface area contributed by atoms with Crippen molar-refractivity contribution in [1.29, 1.82) is 0 Å². The Balaban J connectivity index is 1.95. The lowest BCUT2D eigenvalue weighted by molar-refractivity contribution is 0.586. The van der Waals surface area contributed by atoms with Crippen molar-refractivity contribution in [2.45, 2.75) is 6.92 Å². The van der Waals surface area contributed by atoms with Crippen molar-refractivity contribution in [2.75, 3.05) is 36.8 Å². The third-order valence-electron chi connectivity index (χ3n) is 4.66. The van der Waals surface area contributed by atoms with Crippen LogP contribution in [-0.4, -0.2) is 31.2 Å². The first-order valence-electron chi connectivity index (χ1n) is 8.45. The molecule has 3 aromatic rings. The second-order valence-electron chi connectivity index (χ2n) is 6.30. The Morgan fingerprint density at radius 3 is 2.50 bits per heavy atom. The molecule has 3 N–H and O–H groups in total. The molecule has 0 bridgehead atoms. The first-order valence-corrected chi connectivity index (χ1v) is 8.45. The van der Waals surface area contributed by atoms with Gasteiger partial charge >= 0.3 is 0 Å². The molecule has 0 saturated carbocycles. The highest BCUT2D eigenvalue weighted by molar-refractivity contribution is 6.03. The predicted octanol–water partition coefficient (Wildman–Crippen LogP) is 3.20. The van der Waals surface area contributed by atoms with E-state index in [1.807, 2.05) is 18.2 Å². The van der Waals surface area contributed by atoms with Crippen molar-refractivity contribution < 1.29 is 0 Å². The molecule has 0 spiro atoms. The molecule has 122 valence electrons. The molecule has 24 heavy (non-hydrogen) atoms. The van der Waals surface area contributed by atoms with E-state index in [9.17, 15) is 0 Å². The smallest absolute Gasteiger partial charge is 0.136 e. The normalized spacial score (nSPS) is 15.0. The van der Waals surface area contributed by atoms with Gasteiger partial charge in [-0.25, -0.2) is 4.98 Å². The minimum Gasteiger partial charge on any atom is -0.399 e. The van der Waals surface area contributed by atoms with Gasteiger partial charge < -0.3 is 16.0 Å². The monoisotopic (exact) mass is 318 g/mol. The Morgan fingerprint density at radius 1 is 1.00 bits per heavy atom. The molecule has 0 aliphatic carbocycles. The average molecular weight is 318 g/mol. The van der Waals surface area contributed by atoms with E-state index in [0.717, 1.165) is 48.9 Å². The second kappa shape index (κ2) is 6.13. The first-order chi connectivity index (χ1) is 11.7. The van der Waals surface area contributed by atoms with Crippen LogP contribution in [0.1, 0.15) is 5.69 Å². The molecule has 1 saturated heterocycles. The minimum atomic E-state index is 0.780. The minimum absolute atomic E-state index is 0.780. The highest BCUT2D eigenvalue weighted by Gasteiger charge is 2.18. The zero-order valence-electron chi connectivity index (χ0n) is 13.9. The van der Waals surface area contributed by atoms with E-state index in [-0.39, 0.29) is 0 Å². The fourth-order valence-electron chi connectivity index (χ4n) is 3.54. The fourth-order valence-corrected chi connectivity index (χ4v) is 3.54. The van der Waals surface area contributed by atoms with Gasteiger partial charge in [0.1, 0.15) is 5.82 Å². The number of pyridine rings is 1. The van der Waals surface area contributed by atoms with Crippen LogP contribution in [0.25, 0.3) is 21.9 Å². The van der Waals surface area contributed by atoms with Crippen molar-refractivity contribution in [2.24, 2.45) is 0 Å². The number of aryl methyl sites for hydroxylation is 1. The van der Waals surface area contributed by atoms with E-state index in [1.54, 1.807) is 0 Å². The molecule has 4 rings (SSSR count). The molecule has 4 heteroatoms. The van der Waals surface area contributed by atoms with Crippen LogP contribution in [0.5, 0.6) is 0 Å². The van der Waals surface area contributed by atoms with Crippen LogP contribution in [0.15, 0.2) is 48.5 Å². The van der Waals surface area contributed by atoms with Gasteiger partial charge in [-0.3, -0.25) is 0 Å². The number of nitrogen functional groups attached to an aromatic ring is 1. The van der Waals surface area contributed by atoms with Crippen molar-refractivity contribution in [1.82, 2.24) is 10.3 Å². The largest absolute Gasteiger partial charge is 0.399 e. The number of aromatic nitrogens is 1. The van der Waals surface area contributed by atoms with Crippen LogP contribution < -0.4 is 16.0 Å². The Morgan fingerprint density at radius 2 is 1.75 bits per heavy atom. The predicted molar refractivity (Wildman–Crippen MR) is 101 cm³/mol. The SMILES string of the molecule is Cc1nc(N2CCNCC2)c2ccccc2c1-c1cccc(N)c1. The molecule has 0 amide bonds. The fraction of sp³-hybridized carbons (Fsp3) is 0.250. The van der Waals surface area contributed by atoms with Crippen molar-refractivity contribution >= 4 is 22.3 Å². The highest BCUT2D eigenvalue weighted by atomic mass is 15.2. The first kappa shape index (κ1) is 15.0. The lowest BCUT2D eigenvalue weighted by atomic mass is 9.96. The van der Waals surface area contributed by atoms with Gasteiger partial charge in [0.25, 0.3) is 0 Å². The Bertz CT molecular complexity index is 882. The highest BCUT2D eigenvalue weighted by Crippen LogP contribution is 2.36. The Kier molecular flexibility index (Phi) is 3.82. The van der Waals surface area contributed by atoms with Crippen LogP contribution in [-0.2, 0) is 0 Å². The van der Waals surface area contributed by atoms with Gasteiger partial charge in [-0.15, -0.1) is 0 Å². The summed E-state index contributed by atoms with van der Waals surface area (Å²) in [6.07, 6.45) is 0. The number of anilines is 2. The molecule has 1 aliphatic heterocycles. The maximum Gasteiger partial charge on any atom is 0.136 e. The Labute approximate surface area is 142 Å². The lowest BCUT2D eigenvalue weighted by Crippen LogP contribution is -2.44. The van der Waals surface area contributed by atoms with Crippen LogP contribution in [0.2, 0.25) is 0 Å². The summed E-state index contributed by atoms with van der Waals surface area (Å²) in [5.74, 6) is 1.09. The standard InChI is InChI=1S/C20H22N4/c1-14-19(15-5-4-6-16(21)13-15)17-7-2-3-8-18(17)20(23-14)24-11-9-22-10-12-24/h2-8,13,22H,9-12,21H2,1H3. The van der Waals surface area contributed by atoms with Crippen molar-refractivity contribution in [3.05, 3.63) is 54.2 Å². The summed E-state index contributed by atoms with van der Waals surface area (Å²) < 4.78 is 0.